The Kier molecular flexibility index (Phi) is 8.16. The van der Waals surface area contributed by atoms with Gasteiger partial charge in [-0.3, -0.25) is 4.90 Å². The van der Waals surface area contributed by atoms with Gasteiger partial charge in [0.05, 0.1) is 61.3 Å². The van der Waals surface area contributed by atoms with Crippen LogP contribution in [0.1, 0.15) is 34.5 Å². The molecule has 0 saturated carbocycles. The molecule has 0 N–H and O–H groups in total. The molecule has 2 aromatic heterocycles. The third kappa shape index (κ3) is 5.53. The first kappa shape index (κ1) is 32.5. The van der Waals surface area contributed by atoms with E-state index in [1.807, 2.05) is 40.5 Å². The van der Waals surface area contributed by atoms with Crippen LogP contribution in [-0.2, 0) is 34.9 Å². The number of benzene rings is 3. The first-order valence-corrected chi connectivity index (χ1v) is 16.8. The Morgan fingerprint density at radius 1 is 1.06 bits per heavy atom. The van der Waals surface area contributed by atoms with Crippen LogP contribution in [-0.4, -0.2) is 75.5 Å². The fraction of sp³-hybridized carbons (Fsp3) is 0.361. The van der Waals surface area contributed by atoms with Gasteiger partial charge in [0.15, 0.2) is 17.3 Å². The van der Waals surface area contributed by atoms with Crippen molar-refractivity contribution in [1.29, 1.82) is 0 Å². The summed E-state index contributed by atoms with van der Waals surface area (Å²) in [7, 11) is 1.27. The van der Waals surface area contributed by atoms with Crippen molar-refractivity contribution in [2.45, 2.75) is 51.4 Å². The van der Waals surface area contributed by atoms with E-state index in [2.05, 4.69) is 14.8 Å². The number of hydrogen-bond acceptors (Lipinski definition) is 9. The quantitative estimate of drug-likeness (QED) is 0.189. The van der Waals surface area contributed by atoms with E-state index >= 15 is 8.78 Å². The summed E-state index contributed by atoms with van der Waals surface area (Å²) in [6, 6.07) is 12.9. The summed E-state index contributed by atoms with van der Waals surface area (Å²) in [4.78, 5) is 26.1. The summed E-state index contributed by atoms with van der Waals surface area (Å²) in [6.07, 6.45) is 3.64. The number of nitrogens with zero attached hydrogens (tertiary/aromatic N) is 6. The monoisotopic (exact) mass is 704 g/mol. The number of rotatable bonds is 8. The normalized spacial score (nSPS) is 21.6. The molecule has 2 fully saturated rings. The molecule has 3 aliphatic rings. The number of aromatic nitrogens is 4. The zero-order valence-corrected chi connectivity index (χ0v) is 28.5. The number of anilines is 1. The average Bonchev–Trinajstić information content (AvgIpc) is 3.89. The van der Waals surface area contributed by atoms with E-state index in [1.54, 1.807) is 31.3 Å². The van der Waals surface area contributed by atoms with Crippen molar-refractivity contribution >= 4 is 34.3 Å². The Bertz CT molecular complexity index is 2120. The maximum Gasteiger partial charge on any atom is 0.338 e. The molecule has 0 bridgehead atoms. The van der Waals surface area contributed by atoms with E-state index in [0.717, 1.165) is 11.5 Å². The SMILES string of the molecule is COC(=O)c1cc(F)c2nc(CN3CCN(c4cccc5c4O[C@](C)(c4ccc(Cl)cc4F)O5)[C@H]4COC[C@H]43)n(CCn3ccnc3C)c2c1. The second-order valence-corrected chi connectivity index (χ2v) is 13.3. The zero-order valence-electron chi connectivity index (χ0n) is 27.7. The van der Waals surface area contributed by atoms with Gasteiger partial charge in [0.1, 0.15) is 23.0 Å². The highest BCUT2D eigenvalue weighted by molar-refractivity contribution is 6.30. The molecular weight excluding hydrogens is 670 g/mol. The number of methoxy groups -OCH3 is 1. The van der Waals surface area contributed by atoms with Gasteiger partial charge in [-0.2, -0.15) is 0 Å². The zero-order chi connectivity index (χ0) is 34.7. The van der Waals surface area contributed by atoms with Gasteiger partial charge in [0.25, 0.3) is 5.79 Å². The average molecular weight is 705 g/mol. The first-order valence-electron chi connectivity index (χ1n) is 16.4. The lowest BCUT2D eigenvalue weighted by Gasteiger charge is -2.44. The fourth-order valence-electron chi connectivity index (χ4n) is 7.41. The number of esters is 1. The summed E-state index contributed by atoms with van der Waals surface area (Å²) < 4.78 is 58.1. The van der Waals surface area contributed by atoms with Crippen molar-refractivity contribution < 1.29 is 32.5 Å². The molecule has 0 amide bonds. The molecule has 5 aromatic rings. The van der Waals surface area contributed by atoms with Crippen LogP contribution in [0.3, 0.4) is 0 Å². The van der Waals surface area contributed by atoms with E-state index in [4.69, 9.17) is 35.5 Å². The Balaban J connectivity index is 1.08. The van der Waals surface area contributed by atoms with Crippen LogP contribution in [0.2, 0.25) is 5.02 Å². The molecule has 8 rings (SSSR count). The van der Waals surface area contributed by atoms with Crippen molar-refractivity contribution in [3.63, 3.8) is 0 Å². The number of hydrogen-bond donors (Lipinski definition) is 0. The number of para-hydroxylation sites is 1. The molecule has 3 aromatic carbocycles. The summed E-state index contributed by atoms with van der Waals surface area (Å²) in [6.45, 7) is 7.39. The van der Waals surface area contributed by atoms with Gasteiger partial charge in [0.2, 0.25) is 0 Å². The number of carbonyl (C=O) groups is 1. The number of aryl methyl sites for hydroxylation is 3. The van der Waals surface area contributed by atoms with E-state index in [9.17, 15) is 4.79 Å². The Labute approximate surface area is 291 Å². The van der Waals surface area contributed by atoms with Crippen molar-refractivity contribution in [1.82, 2.24) is 24.0 Å². The number of piperazine rings is 1. The maximum atomic E-state index is 15.5. The second kappa shape index (κ2) is 12.6. The van der Waals surface area contributed by atoms with Crippen LogP contribution in [0.15, 0.2) is 60.9 Å². The molecule has 0 aliphatic carbocycles. The van der Waals surface area contributed by atoms with Crippen LogP contribution in [0.5, 0.6) is 11.5 Å². The lowest BCUT2D eigenvalue weighted by Crippen LogP contribution is -2.59. The van der Waals surface area contributed by atoms with Crippen molar-refractivity contribution in [3.8, 4) is 11.5 Å². The molecule has 2 saturated heterocycles. The Morgan fingerprint density at radius 2 is 1.90 bits per heavy atom. The van der Waals surface area contributed by atoms with Crippen LogP contribution in [0.25, 0.3) is 11.0 Å². The Hall–Kier alpha value is -4.72. The van der Waals surface area contributed by atoms with Gasteiger partial charge in [-0.15, -0.1) is 0 Å². The molecule has 260 valence electrons. The van der Waals surface area contributed by atoms with E-state index in [-0.39, 0.29) is 33.7 Å². The predicted octanol–water partition coefficient (Wildman–Crippen LogP) is 5.69. The third-order valence-corrected chi connectivity index (χ3v) is 10.2. The molecule has 0 unspecified atom stereocenters. The van der Waals surface area contributed by atoms with Crippen LogP contribution in [0.4, 0.5) is 14.5 Å². The minimum Gasteiger partial charge on any atom is -0.465 e. The predicted molar refractivity (Wildman–Crippen MR) is 181 cm³/mol. The number of fused-ring (bicyclic) bond motifs is 3. The largest absolute Gasteiger partial charge is 0.465 e. The molecule has 11 nitrogen and oxygen atoms in total. The Morgan fingerprint density at radius 3 is 2.68 bits per heavy atom. The third-order valence-electron chi connectivity index (χ3n) is 9.95. The molecule has 3 aliphatic heterocycles. The smallest absolute Gasteiger partial charge is 0.338 e. The summed E-state index contributed by atoms with van der Waals surface area (Å²) in [5.74, 6) is -0.495. The van der Waals surface area contributed by atoms with E-state index < -0.39 is 23.4 Å². The molecule has 3 atom stereocenters. The molecule has 50 heavy (non-hydrogen) atoms. The highest BCUT2D eigenvalue weighted by Crippen LogP contribution is 2.51. The van der Waals surface area contributed by atoms with Crippen molar-refractivity contribution in [2.75, 3.05) is 38.3 Å². The highest BCUT2D eigenvalue weighted by Gasteiger charge is 2.46. The van der Waals surface area contributed by atoms with Gasteiger partial charge >= 0.3 is 5.97 Å². The molecule has 14 heteroatoms. The number of imidazole rings is 2. The topological polar surface area (TPSA) is 96.1 Å². The fourth-order valence-corrected chi connectivity index (χ4v) is 7.57. The first-order chi connectivity index (χ1) is 24.1. The summed E-state index contributed by atoms with van der Waals surface area (Å²) in [5.41, 5.74) is 1.93. The molecule has 0 radical (unpaired) electrons. The van der Waals surface area contributed by atoms with Crippen LogP contribution < -0.4 is 14.4 Å². The van der Waals surface area contributed by atoms with Crippen molar-refractivity contribution in [2.24, 2.45) is 0 Å². The molecule has 5 heterocycles. The van der Waals surface area contributed by atoms with Crippen LogP contribution >= 0.6 is 11.6 Å². The lowest BCUT2D eigenvalue weighted by atomic mass is 10.0. The van der Waals surface area contributed by atoms with Gasteiger partial charge in [0, 0.05) is 50.5 Å². The number of carbonyl (C=O) groups excluding carboxylic acids is 1. The number of ether oxygens (including phenoxy) is 4. The summed E-state index contributed by atoms with van der Waals surface area (Å²) >= 11 is 6.01. The summed E-state index contributed by atoms with van der Waals surface area (Å²) in [5, 5.41) is 0.288. The minimum atomic E-state index is -1.38. The van der Waals surface area contributed by atoms with Crippen molar-refractivity contribution in [3.05, 3.63) is 100 Å². The maximum absolute atomic E-state index is 15.5. The lowest BCUT2D eigenvalue weighted by molar-refractivity contribution is -0.0705. The minimum absolute atomic E-state index is 0.0124. The molecular formula is C36H35ClF2N6O5. The van der Waals surface area contributed by atoms with Gasteiger partial charge in [-0.05, 0) is 49.4 Å². The van der Waals surface area contributed by atoms with Crippen LogP contribution in [0, 0.1) is 18.6 Å². The molecule has 0 spiro atoms. The standard InChI is InChI=1S/C36H35ClF2N6O5/c1-21-40-9-10-42(21)11-14-45-28-16-22(35(46)47-3)15-26(39)33(28)41-32(45)18-43-12-13-44(30-20-48-19-29(30)43)27-5-4-6-31-34(27)50-36(2,49-31)24-8-7-23(37)17-25(24)38/h4-10,15-17,29-30H,11-14,18-20H2,1-3H3/t29-,30+,36-/m1/s1. The van der Waals surface area contributed by atoms with Gasteiger partial charge < -0.3 is 33.0 Å². The number of halogens is 3. The van der Waals surface area contributed by atoms with E-state index in [1.165, 1.54) is 19.2 Å². The van der Waals surface area contributed by atoms with E-state index in [0.29, 0.717) is 68.8 Å². The van der Waals surface area contributed by atoms with Gasteiger partial charge in [-0.25, -0.2) is 23.5 Å². The highest BCUT2D eigenvalue weighted by atomic mass is 35.5. The second-order valence-electron chi connectivity index (χ2n) is 12.9. The van der Waals surface area contributed by atoms with Gasteiger partial charge in [-0.1, -0.05) is 17.7 Å².